The predicted molar refractivity (Wildman–Crippen MR) is 116 cm³/mol. The first-order valence-electron chi connectivity index (χ1n) is 10.7. The number of hydrogen-bond acceptors (Lipinski definition) is 4. The van der Waals surface area contributed by atoms with Gasteiger partial charge in [0.05, 0.1) is 0 Å². The van der Waals surface area contributed by atoms with Crippen molar-refractivity contribution in [3.63, 3.8) is 0 Å². The SMILES string of the molecule is Nc1ccc(CC2CCN(C(=O)Cn3cc(C(=O)C4CC4)c4ccccc43)C2)cn1. The van der Waals surface area contributed by atoms with E-state index in [1.807, 2.05) is 58.3 Å². The average Bonchev–Trinajstić information content (AvgIpc) is 3.40. The number of para-hydroxylation sites is 1. The molecule has 30 heavy (non-hydrogen) atoms. The number of amides is 1. The molecule has 6 nitrogen and oxygen atoms in total. The Balaban J connectivity index is 1.28. The van der Waals surface area contributed by atoms with Gasteiger partial charge in [0.15, 0.2) is 5.78 Å². The van der Waals surface area contributed by atoms with Gasteiger partial charge in [0, 0.05) is 47.9 Å². The summed E-state index contributed by atoms with van der Waals surface area (Å²) in [5.74, 6) is 1.46. The fourth-order valence-corrected chi connectivity index (χ4v) is 4.50. The fourth-order valence-electron chi connectivity index (χ4n) is 4.50. The molecule has 2 aliphatic rings. The van der Waals surface area contributed by atoms with E-state index in [-0.39, 0.29) is 24.2 Å². The van der Waals surface area contributed by atoms with Crippen LogP contribution in [0.4, 0.5) is 5.82 Å². The highest BCUT2D eigenvalue weighted by atomic mass is 16.2. The number of rotatable bonds is 6. The fraction of sp³-hybridized carbons (Fsp3) is 0.375. The monoisotopic (exact) mass is 402 g/mol. The van der Waals surface area contributed by atoms with E-state index in [1.54, 1.807) is 0 Å². The maximum absolute atomic E-state index is 13.0. The molecule has 3 aromatic rings. The number of nitrogens with zero attached hydrogens (tertiary/aromatic N) is 3. The summed E-state index contributed by atoms with van der Waals surface area (Å²) in [7, 11) is 0. The third kappa shape index (κ3) is 3.70. The van der Waals surface area contributed by atoms with Gasteiger partial charge in [0.2, 0.25) is 5.91 Å². The number of hydrogen-bond donors (Lipinski definition) is 1. The molecule has 0 spiro atoms. The van der Waals surface area contributed by atoms with Crippen LogP contribution < -0.4 is 5.73 Å². The molecule has 1 atom stereocenters. The second-order valence-electron chi connectivity index (χ2n) is 8.62. The number of carbonyl (C=O) groups excluding carboxylic acids is 2. The number of nitrogens with two attached hydrogens (primary N) is 1. The molecule has 2 fully saturated rings. The van der Waals surface area contributed by atoms with E-state index in [9.17, 15) is 9.59 Å². The van der Waals surface area contributed by atoms with Crippen molar-refractivity contribution in [3.8, 4) is 0 Å². The van der Waals surface area contributed by atoms with Gasteiger partial charge in [-0.05, 0) is 49.3 Å². The third-order valence-corrected chi connectivity index (χ3v) is 6.32. The number of carbonyl (C=O) groups is 2. The van der Waals surface area contributed by atoms with Crippen molar-refractivity contribution in [2.45, 2.75) is 32.2 Å². The van der Waals surface area contributed by atoms with Crippen LogP contribution in [0.25, 0.3) is 10.9 Å². The predicted octanol–water partition coefficient (Wildman–Crippen LogP) is 3.30. The van der Waals surface area contributed by atoms with Crippen LogP contribution in [0.2, 0.25) is 0 Å². The lowest BCUT2D eigenvalue weighted by Gasteiger charge is -2.17. The van der Waals surface area contributed by atoms with Crippen molar-refractivity contribution in [2.24, 2.45) is 11.8 Å². The van der Waals surface area contributed by atoms with Crippen LogP contribution in [0.15, 0.2) is 48.8 Å². The topological polar surface area (TPSA) is 81.2 Å². The smallest absolute Gasteiger partial charge is 0.242 e. The lowest BCUT2D eigenvalue weighted by atomic mass is 10.00. The Labute approximate surface area is 175 Å². The first-order valence-corrected chi connectivity index (χ1v) is 10.7. The summed E-state index contributed by atoms with van der Waals surface area (Å²) >= 11 is 0. The number of pyridine rings is 1. The molecule has 1 aliphatic carbocycles. The van der Waals surface area contributed by atoms with Gasteiger partial charge >= 0.3 is 0 Å². The number of nitrogen functional groups attached to an aromatic ring is 1. The Morgan fingerprint density at radius 1 is 1.10 bits per heavy atom. The minimum absolute atomic E-state index is 0.110. The lowest BCUT2D eigenvalue weighted by Crippen LogP contribution is -2.32. The van der Waals surface area contributed by atoms with Gasteiger partial charge in [-0.3, -0.25) is 9.59 Å². The molecule has 6 heteroatoms. The zero-order valence-corrected chi connectivity index (χ0v) is 17.0. The second-order valence-corrected chi connectivity index (χ2v) is 8.62. The van der Waals surface area contributed by atoms with Gasteiger partial charge in [-0.15, -0.1) is 0 Å². The van der Waals surface area contributed by atoms with Crippen LogP contribution >= 0.6 is 0 Å². The van der Waals surface area contributed by atoms with Crippen LogP contribution in [0.3, 0.4) is 0 Å². The minimum Gasteiger partial charge on any atom is -0.384 e. The molecule has 0 radical (unpaired) electrons. The second kappa shape index (κ2) is 7.59. The molecule has 3 heterocycles. The Morgan fingerprint density at radius 3 is 2.70 bits per heavy atom. The molecular weight excluding hydrogens is 376 g/mol. The Morgan fingerprint density at radius 2 is 1.93 bits per heavy atom. The van der Waals surface area contributed by atoms with Gasteiger partial charge < -0.3 is 15.2 Å². The number of aromatic nitrogens is 2. The summed E-state index contributed by atoms with van der Waals surface area (Å²) in [6, 6.07) is 11.7. The molecule has 1 unspecified atom stereocenters. The van der Waals surface area contributed by atoms with Crippen molar-refractivity contribution in [3.05, 3.63) is 59.9 Å². The number of fused-ring (bicyclic) bond motifs is 1. The zero-order chi connectivity index (χ0) is 20.7. The molecule has 1 amide bonds. The van der Waals surface area contributed by atoms with Crippen molar-refractivity contribution in [1.82, 2.24) is 14.5 Å². The van der Waals surface area contributed by atoms with Crippen LogP contribution in [-0.4, -0.2) is 39.2 Å². The Kier molecular flexibility index (Phi) is 4.77. The highest BCUT2D eigenvalue weighted by molar-refractivity contribution is 6.10. The first kappa shape index (κ1) is 18.9. The van der Waals surface area contributed by atoms with Crippen LogP contribution in [-0.2, 0) is 17.8 Å². The van der Waals surface area contributed by atoms with E-state index in [0.717, 1.165) is 60.8 Å². The molecule has 1 saturated carbocycles. The van der Waals surface area contributed by atoms with E-state index in [1.165, 1.54) is 0 Å². The van der Waals surface area contributed by atoms with Crippen LogP contribution in [0, 0.1) is 11.8 Å². The summed E-state index contributed by atoms with van der Waals surface area (Å²) in [6.45, 7) is 1.81. The normalized spacial score (nSPS) is 18.8. The van der Waals surface area contributed by atoms with Crippen LogP contribution in [0.1, 0.15) is 35.2 Å². The highest BCUT2D eigenvalue weighted by Crippen LogP contribution is 2.35. The summed E-state index contributed by atoms with van der Waals surface area (Å²) in [6.07, 6.45) is 7.57. The lowest BCUT2D eigenvalue weighted by molar-refractivity contribution is -0.130. The van der Waals surface area contributed by atoms with Crippen LogP contribution in [0.5, 0.6) is 0 Å². The van der Waals surface area contributed by atoms with Crippen molar-refractivity contribution < 1.29 is 9.59 Å². The molecule has 1 aromatic carbocycles. The molecule has 2 aromatic heterocycles. The molecule has 154 valence electrons. The summed E-state index contributed by atoms with van der Waals surface area (Å²) in [5, 5.41) is 0.956. The number of Topliss-reactive ketones (excluding diaryl/α,β-unsaturated/α-hetero) is 1. The maximum Gasteiger partial charge on any atom is 0.242 e. The van der Waals surface area contributed by atoms with Crippen molar-refractivity contribution in [1.29, 1.82) is 0 Å². The molecule has 5 rings (SSSR count). The van der Waals surface area contributed by atoms with Crippen molar-refractivity contribution >= 4 is 28.4 Å². The number of anilines is 1. The van der Waals surface area contributed by atoms with E-state index >= 15 is 0 Å². The van der Waals surface area contributed by atoms with Gasteiger partial charge in [-0.2, -0.15) is 0 Å². The largest absolute Gasteiger partial charge is 0.384 e. The number of benzene rings is 1. The van der Waals surface area contributed by atoms with Gasteiger partial charge in [0.25, 0.3) is 0 Å². The molecule has 1 aliphatic heterocycles. The van der Waals surface area contributed by atoms with Gasteiger partial charge in [-0.1, -0.05) is 24.3 Å². The van der Waals surface area contributed by atoms with E-state index < -0.39 is 0 Å². The summed E-state index contributed by atoms with van der Waals surface area (Å²) in [4.78, 5) is 31.8. The average molecular weight is 402 g/mol. The Bertz CT molecular complexity index is 1100. The first-order chi connectivity index (χ1) is 14.6. The van der Waals surface area contributed by atoms with Crippen molar-refractivity contribution in [2.75, 3.05) is 18.8 Å². The van der Waals surface area contributed by atoms with Gasteiger partial charge in [0.1, 0.15) is 12.4 Å². The summed E-state index contributed by atoms with van der Waals surface area (Å²) in [5.41, 5.74) is 8.54. The minimum atomic E-state index is 0.110. The van der Waals surface area contributed by atoms with E-state index in [2.05, 4.69) is 4.98 Å². The zero-order valence-electron chi connectivity index (χ0n) is 17.0. The van der Waals surface area contributed by atoms with E-state index in [4.69, 9.17) is 5.73 Å². The van der Waals surface area contributed by atoms with Gasteiger partial charge in [-0.25, -0.2) is 4.98 Å². The molecule has 0 bridgehead atoms. The molecule has 2 N–H and O–H groups in total. The molecule has 1 saturated heterocycles. The maximum atomic E-state index is 13.0. The Hall–Kier alpha value is -3.15. The number of ketones is 1. The quantitative estimate of drug-likeness (QED) is 0.642. The summed E-state index contributed by atoms with van der Waals surface area (Å²) < 4.78 is 1.95. The third-order valence-electron chi connectivity index (χ3n) is 6.32. The highest BCUT2D eigenvalue weighted by Gasteiger charge is 2.33. The standard InChI is InChI=1S/C24H26N4O2/c25-22-8-5-16(12-26-22)11-17-9-10-27(13-17)23(29)15-28-14-20(24(30)18-6-7-18)19-3-1-2-4-21(19)28/h1-5,8,12,14,17-18H,6-7,9-11,13,15H2,(H2,25,26). The number of likely N-dealkylation sites (tertiary alicyclic amines) is 1. The van der Waals surface area contributed by atoms with E-state index in [0.29, 0.717) is 11.7 Å². The molecular formula is C24H26N4O2.